The van der Waals surface area contributed by atoms with Crippen molar-refractivity contribution in [1.82, 2.24) is 15.1 Å². The Kier molecular flexibility index (Phi) is 6.10. The van der Waals surface area contributed by atoms with E-state index >= 15 is 0 Å². The van der Waals surface area contributed by atoms with Gasteiger partial charge in [0.05, 0.1) is 0 Å². The molecule has 0 aromatic carbocycles. The van der Waals surface area contributed by atoms with Crippen LogP contribution in [0.15, 0.2) is 0 Å². The van der Waals surface area contributed by atoms with Crippen molar-refractivity contribution in [2.45, 2.75) is 63.5 Å². The number of likely N-dealkylation sites (N-methyl/N-ethyl adjacent to an activating group) is 2. The summed E-state index contributed by atoms with van der Waals surface area (Å²) in [6.07, 6.45) is 9.73. The van der Waals surface area contributed by atoms with E-state index in [1.165, 1.54) is 58.0 Å². The molecule has 2 saturated carbocycles. The Bertz CT molecular complexity index is 312. The largest absolute Gasteiger partial charge is 0.317 e. The highest BCUT2D eigenvalue weighted by atomic mass is 15.2. The summed E-state index contributed by atoms with van der Waals surface area (Å²) in [5.41, 5.74) is 0.461. The smallest absolute Gasteiger partial charge is 0.0330 e. The molecule has 3 nitrogen and oxygen atoms in total. The summed E-state index contributed by atoms with van der Waals surface area (Å²) in [4.78, 5) is 5.09. The van der Waals surface area contributed by atoms with Gasteiger partial charge in [-0.3, -0.25) is 0 Å². The Labute approximate surface area is 132 Å². The third kappa shape index (κ3) is 4.00. The highest BCUT2D eigenvalue weighted by Crippen LogP contribution is 2.37. The van der Waals surface area contributed by atoms with Crippen LogP contribution >= 0.6 is 0 Å². The first-order valence-corrected chi connectivity index (χ1v) is 9.04. The quantitative estimate of drug-likeness (QED) is 0.779. The molecule has 0 aliphatic heterocycles. The van der Waals surface area contributed by atoms with Crippen LogP contribution in [0.1, 0.15) is 51.9 Å². The van der Waals surface area contributed by atoms with Gasteiger partial charge in [0, 0.05) is 24.7 Å². The van der Waals surface area contributed by atoms with Crippen LogP contribution < -0.4 is 5.32 Å². The number of nitrogens with zero attached hydrogens (tertiary/aromatic N) is 2. The fraction of sp³-hybridized carbons (Fsp3) is 1.00. The van der Waals surface area contributed by atoms with E-state index < -0.39 is 0 Å². The molecule has 124 valence electrons. The van der Waals surface area contributed by atoms with E-state index in [0.29, 0.717) is 5.54 Å². The Balaban J connectivity index is 1.89. The Morgan fingerprint density at radius 3 is 2.33 bits per heavy atom. The van der Waals surface area contributed by atoms with Gasteiger partial charge in [0.2, 0.25) is 0 Å². The molecule has 0 spiro atoms. The van der Waals surface area contributed by atoms with Crippen molar-refractivity contribution in [3.8, 4) is 0 Å². The monoisotopic (exact) mass is 295 g/mol. The number of rotatable bonds is 7. The van der Waals surface area contributed by atoms with Crippen LogP contribution in [-0.2, 0) is 0 Å². The van der Waals surface area contributed by atoms with E-state index in [1.807, 2.05) is 0 Å². The van der Waals surface area contributed by atoms with Crippen LogP contribution in [0.3, 0.4) is 0 Å². The minimum atomic E-state index is 0.461. The normalized spacial score (nSPS) is 32.4. The fourth-order valence-corrected chi connectivity index (χ4v) is 4.61. The van der Waals surface area contributed by atoms with Gasteiger partial charge in [-0.05, 0) is 78.6 Å². The molecule has 0 heterocycles. The summed E-state index contributed by atoms with van der Waals surface area (Å²) < 4.78 is 0. The minimum Gasteiger partial charge on any atom is -0.317 e. The van der Waals surface area contributed by atoms with Crippen LogP contribution in [0.5, 0.6) is 0 Å². The number of hydrogen-bond acceptors (Lipinski definition) is 3. The summed E-state index contributed by atoms with van der Waals surface area (Å²) in [5, 5.41) is 3.58. The zero-order valence-corrected chi connectivity index (χ0v) is 15.0. The summed E-state index contributed by atoms with van der Waals surface area (Å²) in [7, 11) is 9.01. The first kappa shape index (κ1) is 17.2. The lowest BCUT2D eigenvalue weighted by atomic mass is 9.74. The molecule has 3 heteroatoms. The topological polar surface area (TPSA) is 18.5 Å². The first-order chi connectivity index (χ1) is 10.0. The van der Waals surface area contributed by atoms with Gasteiger partial charge in [-0.25, -0.2) is 0 Å². The van der Waals surface area contributed by atoms with E-state index in [1.54, 1.807) is 0 Å². The molecule has 2 aliphatic carbocycles. The molecule has 3 atom stereocenters. The zero-order chi connectivity index (χ0) is 15.5. The van der Waals surface area contributed by atoms with Crippen molar-refractivity contribution in [3.63, 3.8) is 0 Å². The maximum Gasteiger partial charge on any atom is 0.0330 e. The van der Waals surface area contributed by atoms with Crippen molar-refractivity contribution >= 4 is 0 Å². The molecule has 1 N–H and O–H groups in total. The summed E-state index contributed by atoms with van der Waals surface area (Å²) >= 11 is 0. The lowest BCUT2D eigenvalue weighted by molar-refractivity contribution is 0.0190. The highest BCUT2D eigenvalue weighted by molar-refractivity contribution is 4.98. The summed E-state index contributed by atoms with van der Waals surface area (Å²) in [5.74, 6) is 1.79. The molecule has 0 bridgehead atoms. The van der Waals surface area contributed by atoms with Crippen molar-refractivity contribution in [1.29, 1.82) is 0 Å². The van der Waals surface area contributed by atoms with Gasteiger partial charge in [0.1, 0.15) is 0 Å². The van der Waals surface area contributed by atoms with Crippen molar-refractivity contribution in [3.05, 3.63) is 0 Å². The van der Waals surface area contributed by atoms with Gasteiger partial charge < -0.3 is 15.1 Å². The minimum absolute atomic E-state index is 0.461. The molecular formula is C18H37N3. The average Bonchev–Trinajstić information content (AvgIpc) is 2.42. The summed E-state index contributed by atoms with van der Waals surface area (Å²) in [6, 6.07) is 0.729. The van der Waals surface area contributed by atoms with Crippen LogP contribution in [0.4, 0.5) is 0 Å². The second kappa shape index (κ2) is 7.43. The predicted molar refractivity (Wildman–Crippen MR) is 91.7 cm³/mol. The first-order valence-electron chi connectivity index (χ1n) is 9.04. The van der Waals surface area contributed by atoms with Crippen molar-refractivity contribution in [2.24, 2.45) is 11.8 Å². The zero-order valence-electron chi connectivity index (χ0n) is 15.0. The van der Waals surface area contributed by atoms with E-state index in [4.69, 9.17) is 0 Å². The van der Waals surface area contributed by atoms with E-state index in [-0.39, 0.29) is 0 Å². The lowest BCUT2D eigenvalue weighted by Gasteiger charge is -2.50. The second-order valence-corrected chi connectivity index (χ2v) is 7.91. The van der Waals surface area contributed by atoms with Gasteiger partial charge >= 0.3 is 0 Å². The van der Waals surface area contributed by atoms with Crippen molar-refractivity contribution in [2.75, 3.05) is 41.3 Å². The van der Waals surface area contributed by atoms with Gasteiger partial charge in [-0.2, -0.15) is 0 Å². The Morgan fingerprint density at radius 2 is 1.86 bits per heavy atom. The second-order valence-electron chi connectivity index (χ2n) is 7.91. The fourth-order valence-electron chi connectivity index (χ4n) is 4.61. The van der Waals surface area contributed by atoms with Crippen LogP contribution in [-0.4, -0.2) is 62.7 Å². The van der Waals surface area contributed by atoms with Crippen molar-refractivity contribution < 1.29 is 0 Å². The molecule has 2 fully saturated rings. The van der Waals surface area contributed by atoms with Gasteiger partial charge in [0.25, 0.3) is 0 Å². The maximum atomic E-state index is 3.58. The molecule has 2 aliphatic rings. The molecule has 2 rings (SSSR count). The van der Waals surface area contributed by atoms with Gasteiger partial charge in [-0.1, -0.05) is 13.3 Å². The van der Waals surface area contributed by atoms with Gasteiger partial charge in [-0.15, -0.1) is 0 Å². The van der Waals surface area contributed by atoms with Crippen LogP contribution in [0, 0.1) is 11.8 Å². The molecule has 0 aromatic heterocycles. The molecule has 0 aromatic rings. The summed E-state index contributed by atoms with van der Waals surface area (Å²) in [6.45, 7) is 4.86. The third-order valence-electron chi connectivity index (χ3n) is 6.38. The van der Waals surface area contributed by atoms with Crippen LogP contribution in [0.2, 0.25) is 0 Å². The number of nitrogens with one attached hydrogen (secondary N) is 1. The molecular weight excluding hydrogens is 258 g/mol. The van der Waals surface area contributed by atoms with E-state index in [2.05, 4.69) is 50.2 Å². The third-order valence-corrected chi connectivity index (χ3v) is 6.38. The molecule has 21 heavy (non-hydrogen) atoms. The molecule has 0 radical (unpaired) electrons. The molecule has 0 saturated heterocycles. The predicted octanol–water partition coefficient (Wildman–Crippen LogP) is 2.82. The standard InChI is InChI=1S/C18H37N3/c1-6-15-8-9-17(19-2)16(12-15)13-21(5)14-18(20(3)4)10-7-11-18/h15-17,19H,6-14H2,1-5H3. The van der Waals surface area contributed by atoms with Gasteiger partial charge in [0.15, 0.2) is 0 Å². The SMILES string of the molecule is CCC1CCC(NC)C(CN(C)CC2(N(C)C)CCC2)C1. The van der Waals surface area contributed by atoms with E-state index in [9.17, 15) is 0 Å². The van der Waals surface area contributed by atoms with Crippen LogP contribution in [0.25, 0.3) is 0 Å². The number of hydrogen-bond donors (Lipinski definition) is 1. The molecule has 3 unspecified atom stereocenters. The van der Waals surface area contributed by atoms with E-state index in [0.717, 1.165) is 17.9 Å². The Hall–Kier alpha value is -0.120. The Morgan fingerprint density at radius 1 is 1.14 bits per heavy atom. The lowest BCUT2D eigenvalue weighted by Crippen LogP contribution is -2.57. The highest BCUT2D eigenvalue weighted by Gasteiger charge is 2.40. The molecule has 0 amide bonds. The maximum absolute atomic E-state index is 3.58. The average molecular weight is 296 g/mol.